The third-order valence-corrected chi connectivity index (χ3v) is 14.4. The summed E-state index contributed by atoms with van der Waals surface area (Å²) in [6.45, 7) is 24.6. The molecule has 0 spiro atoms. The molecule has 0 aromatic carbocycles. The Morgan fingerprint density at radius 3 is 1.05 bits per heavy atom. The Labute approximate surface area is 141 Å². The lowest BCUT2D eigenvalue weighted by molar-refractivity contribution is 0.379. The zero-order valence-corrected chi connectivity index (χ0v) is 19.0. The molecular formula is C15H33O3PSi3. The third kappa shape index (κ3) is 10.0. The highest BCUT2D eigenvalue weighted by Crippen LogP contribution is 2.49. The lowest BCUT2D eigenvalue weighted by Gasteiger charge is -2.35. The highest BCUT2D eigenvalue weighted by molar-refractivity contribution is 7.47. The zero-order chi connectivity index (χ0) is 17.4. The van der Waals surface area contributed by atoms with Crippen molar-refractivity contribution in [3.63, 3.8) is 0 Å². The van der Waals surface area contributed by atoms with Crippen LogP contribution >= 0.6 is 8.60 Å². The molecule has 0 heterocycles. The Hall–Kier alpha value is 0.181. The van der Waals surface area contributed by atoms with Crippen LogP contribution < -0.4 is 0 Å². The van der Waals surface area contributed by atoms with Crippen LogP contribution in [0.4, 0.5) is 0 Å². The van der Waals surface area contributed by atoms with E-state index in [0.717, 1.165) is 18.1 Å². The van der Waals surface area contributed by atoms with Gasteiger partial charge in [-0.2, -0.15) is 0 Å². The minimum absolute atomic E-state index is 0.894. The predicted octanol–water partition coefficient (Wildman–Crippen LogP) is 6.44. The molecule has 3 nitrogen and oxygen atoms in total. The fraction of sp³-hybridized carbons (Fsp3) is 0.600. The molecule has 0 fully saturated rings. The molecule has 0 radical (unpaired) electrons. The summed E-state index contributed by atoms with van der Waals surface area (Å²) in [6.07, 6.45) is 5.79. The number of allylic oxidation sites excluding steroid dienone is 3. The van der Waals surface area contributed by atoms with Crippen molar-refractivity contribution in [3.05, 3.63) is 38.0 Å². The highest BCUT2D eigenvalue weighted by atomic mass is 31.2. The van der Waals surface area contributed by atoms with E-state index in [1.165, 1.54) is 0 Å². The first-order valence-electron chi connectivity index (χ1n) is 7.67. The van der Waals surface area contributed by atoms with E-state index in [-0.39, 0.29) is 0 Å². The molecule has 0 bridgehead atoms. The second-order valence-corrected chi connectivity index (χ2v) is 21.7. The highest BCUT2D eigenvalue weighted by Gasteiger charge is 2.37. The van der Waals surface area contributed by atoms with Crippen LogP contribution in [0, 0.1) is 0 Å². The molecule has 128 valence electrons. The zero-order valence-electron chi connectivity index (χ0n) is 15.1. The molecule has 0 saturated heterocycles. The van der Waals surface area contributed by atoms with Gasteiger partial charge < -0.3 is 12.6 Å². The van der Waals surface area contributed by atoms with Gasteiger partial charge in [0.1, 0.15) is 0 Å². The summed E-state index contributed by atoms with van der Waals surface area (Å²) in [5.41, 5.74) is 0. The maximum Gasteiger partial charge on any atom is 0.300 e. The Morgan fingerprint density at radius 2 is 0.864 bits per heavy atom. The van der Waals surface area contributed by atoms with Gasteiger partial charge in [-0.25, -0.2) is 0 Å². The molecule has 0 aliphatic rings. The molecule has 0 amide bonds. The number of hydrogen-bond donors (Lipinski definition) is 0. The smallest absolute Gasteiger partial charge is 0.300 e. The second-order valence-electron chi connectivity index (χ2n) is 7.25. The van der Waals surface area contributed by atoms with Gasteiger partial charge in [-0.1, -0.05) is 18.2 Å². The summed E-state index contributed by atoms with van der Waals surface area (Å²) in [4.78, 5) is 0. The van der Waals surface area contributed by atoms with Gasteiger partial charge in [0.2, 0.25) is 25.0 Å². The average Bonchev–Trinajstić information content (AvgIpc) is 2.25. The van der Waals surface area contributed by atoms with E-state index in [0.29, 0.717) is 0 Å². The Balaban J connectivity index is 5.09. The van der Waals surface area contributed by atoms with E-state index in [1.54, 1.807) is 0 Å². The van der Waals surface area contributed by atoms with E-state index in [9.17, 15) is 0 Å². The SMILES string of the molecule is C=CC[Si](C)(C)OP(O[Si](C)(C)CC=C)O[Si](C)(C)CC=C. The standard InChI is InChI=1S/C15H33O3PSi3/c1-10-13-20(4,5)16-19(17-21(6,7)14-11-2)18-22(8,9)15-12-3/h10-12H,1-3,13-15H2,4-9H3. The second kappa shape index (κ2) is 9.47. The van der Waals surface area contributed by atoms with Crippen molar-refractivity contribution in [2.45, 2.75) is 57.4 Å². The minimum Gasteiger partial charge on any atom is -0.355 e. The number of rotatable bonds is 12. The molecule has 0 atom stereocenters. The normalized spacial score (nSPS) is 13.2. The largest absolute Gasteiger partial charge is 0.355 e. The fourth-order valence-electron chi connectivity index (χ4n) is 1.82. The van der Waals surface area contributed by atoms with Crippen molar-refractivity contribution in [1.82, 2.24) is 0 Å². The molecular weight excluding hydrogens is 343 g/mol. The Kier molecular flexibility index (Phi) is 9.55. The van der Waals surface area contributed by atoms with Crippen molar-refractivity contribution in [3.8, 4) is 0 Å². The summed E-state index contributed by atoms with van der Waals surface area (Å²) >= 11 is 0. The van der Waals surface area contributed by atoms with Crippen LogP contribution in [0.15, 0.2) is 38.0 Å². The molecule has 0 aliphatic carbocycles. The van der Waals surface area contributed by atoms with E-state index >= 15 is 0 Å². The summed E-state index contributed by atoms with van der Waals surface area (Å²) in [6, 6.07) is 2.68. The van der Waals surface area contributed by atoms with Crippen LogP contribution in [0.25, 0.3) is 0 Å². The number of hydrogen-bond acceptors (Lipinski definition) is 3. The lowest BCUT2D eigenvalue weighted by Crippen LogP contribution is -2.36. The molecule has 0 saturated carbocycles. The molecule has 7 heteroatoms. The first kappa shape index (κ1) is 22.2. The minimum atomic E-state index is -1.86. The predicted molar refractivity (Wildman–Crippen MR) is 108 cm³/mol. The van der Waals surface area contributed by atoms with Gasteiger partial charge in [0.25, 0.3) is 8.60 Å². The van der Waals surface area contributed by atoms with Crippen LogP contribution in [0.5, 0.6) is 0 Å². The summed E-state index contributed by atoms with van der Waals surface area (Å²) < 4.78 is 19.0. The summed E-state index contributed by atoms with van der Waals surface area (Å²) in [7, 11) is -6.89. The van der Waals surface area contributed by atoms with E-state index < -0.39 is 33.6 Å². The maximum absolute atomic E-state index is 6.33. The van der Waals surface area contributed by atoms with Crippen molar-refractivity contribution in [2.75, 3.05) is 0 Å². The quantitative estimate of drug-likeness (QED) is 0.223. The van der Waals surface area contributed by atoms with E-state index in [2.05, 4.69) is 59.0 Å². The Bertz CT molecular complexity index is 327. The van der Waals surface area contributed by atoms with Crippen LogP contribution in [-0.2, 0) is 12.6 Å². The summed E-state index contributed by atoms with van der Waals surface area (Å²) in [5, 5.41) is 0. The van der Waals surface area contributed by atoms with Gasteiger partial charge in [-0.05, 0) is 57.4 Å². The average molecular weight is 377 g/mol. The molecule has 0 unspecified atom stereocenters. The van der Waals surface area contributed by atoms with Crippen LogP contribution in [-0.4, -0.2) is 25.0 Å². The van der Waals surface area contributed by atoms with Gasteiger partial charge in [-0.3, -0.25) is 0 Å². The molecule has 0 aromatic heterocycles. The molecule has 22 heavy (non-hydrogen) atoms. The van der Waals surface area contributed by atoms with Gasteiger partial charge >= 0.3 is 0 Å². The van der Waals surface area contributed by atoms with Gasteiger partial charge in [0.15, 0.2) is 0 Å². The van der Waals surface area contributed by atoms with Gasteiger partial charge in [0, 0.05) is 0 Å². The monoisotopic (exact) mass is 376 g/mol. The van der Waals surface area contributed by atoms with Crippen molar-refractivity contribution in [1.29, 1.82) is 0 Å². The fourth-order valence-corrected chi connectivity index (χ4v) is 11.1. The summed E-state index contributed by atoms with van der Waals surface area (Å²) in [5.74, 6) is 0. The van der Waals surface area contributed by atoms with Gasteiger partial charge in [0.05, 0.1) is 0 Å². The van der Waals surface area contributed by atoms with Crippen LogP contribution in [0.2, 0.25) is 57.4 Å². The lowest BCUT2D eigenvalue weighted by atomic mass is 10.8. The molecule has 0 aliphatic heterocycles. The topological polar surface area (TPSA) is 27.7 Å². The first-order chi connectivity index (χ1) is 9.97. The molecule has 0 N–H and O–H groups in total. The van der Waals surface area contributed by atoms with Crippen molar-refractivity contribution in [2.24, 2.45) is 0 Å². The maximum atomic E-state index is 6.33. The molecule has 0 rings (SSSR count). The van der Waals surface area contributed by atoms with Crippen LogP contribution in [0.3, 0.4) is 0 Å². The molecule has 0 aromatic rings. The van der Waals surface area contributed by atoms with Crippen molar-refractivity contribution < 1.29 is 12.6 Å². The van der Waals surface area contributed by atoms with E-state index in [4.69, 9.17) is 12.6 Å². The third-order valence-electron chi connectivity index (χ3n) is 2.87. The first-order valence-corrected chi connectivity index (χ1v) is 18.1. The van der Waals surface area contributed by atoms with Gasteiger partial charge in [-0.15, -0.1) is 19.7 Å². The van der Waals surface area contributed by atoms with Crippen molar-refractivity contribution >= 4 is 33.6 Å². The van der Waals surface area contributed by atoms with Crippen LogP contribution in [0.1, 0.15) is 0 Å². The Morgan fingerprint density at radius 1 is 0.636 bits per heavy atom. The van der Waals surface area contributed by atoms with E-state index in [1.807, 2.05) is 18.2 Å².